The van der Waals surface area contributed by atoms with Gasteiger partial charge in [0.05, 0.1) is 28.6 Å². The lowest BCUT2D eigenvalue weighted by atomic mass is 10.1. The molecule has 2 rings (SSSR count). The zero-order chi connectivity index (χ0) is 15.9. The Morgan fingerprint density at radius 3 is 2.91 bits per heavy atom. The molecule has 22 heavy (non-hydrogen) atoms. The number of thioether (sulfide) groups is 1. The lowest BCUT2D eigenvalue weighted by molar-refractivity contribution is -0.119. The molecule has 6 heteroatoms. The molecule has 0 fully saturated rings. The number of H-pyrrole nitrogens is 1. The molecular weight excluding hydrogens is 296 g/mol. The van der Waals surface area contributed by atoms with Gasteiger partial charge in [0.1, 0.15) is 11.9 Å². The van der Waals surface area contributed by atoms with Gasteiger partial charge in [0.15, 0.2) is 0 Å². The summed E-state index contributed by atoms with van der Waals surface area (Å²) in [6, 6.07) is 9.57. The summed E-state index contributed by atoms with van der Waals surface area (Å²) in [4.78, 5) is 19.5. The van der Waals surface area contributed by atoms with Crippen molar-refractivity contribution < 1.29 is 4.79 Å². The van der Waals surface area contributed by atoms with E-state index in [2.05, 4.69) is 21.4 Å². The topological polar surface area (TPSA) is 81.6 Å². The lowest BCUT2D eigenvalue weighted by Gasteiger charge is -2.13. The van der Waals surface area contributed by atoms with Crippen LogP contribution in [-0.2, 0) is 10.5 Å². The van der Waals surface area contributed by atoms with Gasteiger partial charge in [0.25, 0.3) is 0 Å². The molecule has 0 spiro atoms. The van der Waals surface area contributed by atoms with Crippen LogP contribution < -0.4 is 5.32 Å². The van der Waals surface area contributed by atoms with Crippen LogP contribution in [0.2, 0.25) is 0 Å². The van der Waals surface area contributed by atoms with Crippen LogP contribution in [0.1, 0.15) is 26.1 Å². The molecule has 2 N–H and O–H groups in total. The molecule has 0 aliphatic carbocycles. The minimum Gasteiger partial charge on any atom is -0.341 e. The van der Waals surface area contributed by atoms with Crippen molar-refractivity contribution in [3.8, 4) is 6.07 Å². The molecule has 0 aliphatic heterocycles. The van der Waals surface area contributed by atoms with Gasteiger partial charge in [-0.25, -0.2) is 4.98 Å². The van der Waals surface area contributed by atoms with Crippen LogP contribution in [0.15, 0.2) is 24.3 Å². The smallest absolute Gasteiger partial charge is 0.231 e. The van der Waals surface area contributed by atoms with Crippen molar-refractivity contribution >= 4 is 28.7 Å². The van der Waals surface area contributed by atoms with E-state index in [0.717, 1.165) is 16.9 Å². The van der Waals surface area contributed by atoms with E-state index >= 15 is 0 Å². The summed E-state index contributed by atoms with van der Waals surface area (Å²) in [5, 5.41) is 11.8. The Morgan fingerprint density at radius 2 is 2.23 bits per heavy atom. The Labute approximate surface area is 134 Å². The van der Waals surface area contributed by atoms with Gasteiger partial charge >= 0.3 is 0 Å². The average Bonchev–Trinajstić information content (AvgIpc) is 2.88. The van der Waals surface area contributed by atoms with Gasteiger partial charge < -0.3 is 10.3 Å². The number of fused-ring (bicyclic) bond motifs is 1. The third-order valence-electron chi connectivity index (χ3n) is 3.11. The average molecular weight is 316 g/mol. The van der Waals surface area contributed by atoms with Crippen LogP contribution >= 0.6 is 11.8 Å². The molecule has 1 amide bonds. The fraction of sp³-hybridized carbons (Fsp3) is 0.438. The maximum atomic E-state index is 11.8. The second-order valence-electron chi connectivity index (χ2n) is 5.57. The zero-order valence-electron chi connectivity index (χ0n) is 12.8. The molecular formula is C16H20N4OS. The summed E-state index contributed by atoms with van der Waals surface area (Å²) >= 11 is 1.49. The zero-order valence-corrected chi connectivity index (χ0v) is 13.6. The number of benzene rings is 1. The molecule has 0 bridgehead atoms. The number of nitrogens with zero attached hydrogens (tertiary/aromatic N) is 2. The first-order chi connectivity index (χ1) is 10.6. The Kier molecular flexibility index (Phi) is 5.84. The lowest BCUT2D eigenvalue weighted by Crippen LogP contribution is -2.35. The van der Waals surface area contributed by atoms with E-state index in [-0.39, 0.29) is 5.91 Å². The number of nitriles is 1. The fourth-order valence-electron chi connectivity index (χ4n) is 2.17. The van der Waals surface area contributed by atoms with E-state index in [4.69, 9.17) is 5.26 Å². The first kappa shape index (κ1) is 16.4. The number of aromatic nitrogens is 2. The minimum atomic E-state index is -0.403. The highest BCUT2D eigenvalue weighted by Gasteiger charge is 2.13. The number of nitrogens with one attached hydrogen (secondary N) is 2. The van der Waals surface area contributed by atoms with Crippen molar-refractivity contribution in [3.63, 3.8) is 0 Å². The molecule has 0 aliphatic rings. The largest absolute Gasteiger partial charge is 0.341 e. The van der Waals surface area contributed by atoms with E-state index in [1.54, 1.807) is 0 Å². The quantitative estimate of drug-likeness (QED) is 0.823. The first-order valence-electron chi connectivity index (χ1n) is 7.29. The molecule has 5 nitrogen and oxygen atoms in total. The van der Waals surface area contributed by atoms with Crippen molar-refractivity contribution in [2.45, 2.75) is 32.1 Å². The third-order valence-corrected chi connectivity index (χ3v) is 4.05. The van der Waals surface area contributed by atoms with Gasteiger partial charge in [0.2, 0.25) is 5.91 Å². The van der Waals surface area contributed by atoms with Gasteiger partial charge in [-0.2, -0.15) is 5.26 Å². The molecule has 0 radical (unpaired) electrons. The first-order valence-corrected chi connectivity index (χ1v) is 8.44. The Balaban J connectivity index is 1.78. The number of amides is 1. The van der Waals surface area contributed by atoms with E-state index in [0.29, 0.717) is 23.8 Å². The normalized spacial score (nSPS) is 12.3. The summed E-state index contributed by atoms with van der Waals surface area (Å²) in [5.41, 5.74) is 1.94. The summed E-state index contributed by atoms with van der Waals surface area (Å²) in [6.07, 6.45) is 0.677. The van der Waals surface area contributed by atoms with Gasteiger partial charge in [-0.3, -0.25) is 4.79 Å². The van der Waals surface area contributed by atoms with Crippen molar-refractivity contribution in [3.05, 3.63) is 30.1 Å². The third kappa shape index (κ3) is 4.78. The Bertz CT molecular complexity index is 641. The molecule has 1 aromatic carbocycles. The number of para-hydroxylation sites is 2. The number of hydrogen-bond acceptors (Lipinski definition) is 4. The molecule has 0 unspecified atom stereocenters. The van der Waals surface area contributed by atoms with Crippen LogP contribution in [-0.4, -0.2) is 27.7 Å². The summed E-state index contributed by atoms with van der Waals surface area (Å²) in [6.45, 7) is 4.07. The number of carbonyl (C=O) groups is 1. The molecule has 0 saturated carbocycles. The highest BCUT2D eigenvalue weighted by Crippen LogP contribution is 2.15. The van der Waals surface area contributed by atoms with Gasteiger partial charge in [-0.15, -0.1) is 11.8 Å². The number of imidazole rings is 1. The number of carbonyl (C=O) groups excluding carboxylic acids is 1. The monoisotopic (exact) mass is 316 g/mol. The molecule has 0 saturated heterocycles. The van der Waals surface area contributed by atoms with Crippen LogP contribution in [0.5, 0.6) is 0 Å². The summed E-state index contributed by atoms with van der Waals surface area (Å²) in [5.74, 6) is 2.11. The van der Waals surface area contributed by atoms with Crippen LogP contribution in [0.25, 0.3) is 11.0 Å². The van der Waals surface area contributed by atoms with Crippen molar-refractivity contribution in [1.29, 1.82) is 5.26 Å². The van der Waals surface area contributed by atoms with Crippen LogP contribution in [0.3, 0.4) is 0 Å². The Hall–Kier alpha value is -2.00. The Morgan fingerprint density at radius 1 is 1.45 bits per heavy atom. The maximum Gasteiger partial charge on any atom is 0.231 e. The second kappa shape index (κ2) is 7.85. The minimum absolute atomic E-state index is 0.103. The standard InChI is InChI=1S/C16H20N4OS/c1-11(2)7-12(8-17)18-16(21)10-22-9-15-19-13-5-3-4-6-14(13)20-15/h3-6,11-12H,7,9-10H2,1-2H3,(H,18,21)(H,19,20)/t12-/m0/s1. The van der Waals surface area contributed by atoms with E-state index in [9.17, 15) is 4.79 Å². The molecule has 2 aromatic rings. The predicted molar refractivity (Wildman–Crippen MR) is 89.3 cm³/mol. The second-order valence-corrected chi connectivity index (χ2v) is 6.56. The summed E-state index contributed by atoms with van der Waals surface area (Å²) in [7, 11) is 0. The van der Waals surface area contributed by atoms with E-state index < -0.39 is 6.04 Å². The fourth-order valence-corrected chi connectivity index (χ4v) is 2.87. The number of hydrogen-bond donors (Lipinski definition) is 2. The predicted octanol–water partition coefficient (Wildman–Crippen LogP) is 2.85. The summed E-state index contributed by atoms with van der Waals surface area (Å²) < 4.78 is 0. The molecule has 1 aromatic heterocycles. The molecule has 116 valence electrons. The van der Waals surface area contributed by atoms with E-state index in [1.165, 1.54) is 11.8 Å². The molecule has 1 atom stereocenters. The maximum absolute atomic E-state index is 11.8. The van der Waals surface area contributed by atoms with E-state index in [1.807, 2.05) is 38.1 Å². The number of aromatic amines is 1. The van der Waals surface area contributed by atoms with Gasteiger partial charge in [-0.1, -0.05) is 26.0 Å². The van der Waals surface area contributed by atoms with Crippen molar-refractivity contribution in [1.82, 2.24) is 15.3 Å². The highest BCUT2D eigenvalue weighted by atomic mass is 32.2. The van der Waals surface area contributed by atoms with Crippen molar-refractivity contribution in [2.75, 3.05) is 5.75 Å². The van der Waals surface area contributed by atoms with Gasteiger partial charge in [-0.05, 0) is 24.5 Å². The highest BCUT2D eigenvalue weighted by molar-refractivity contribution is 7.99. The SMILES string of the molecule is CC(C)C[C@@H](C#N)NC(=O)CSCc1nc2ccccc2[nH]1. The van der Waals surface area contributed by atoms with Crippen LogP contribution in [0.4, 0.5) is 0 Å². The van der Waals surface area contributed by atoms with Crippen molar-refractivity contribution in [2.24, 2.45) is 5.92 Å². The molecule has 1 heterocycles. The van der Waals surface area contributed by atoms with Crippen LogP contribution in [0, 0.1) is 17.2 Å². The number of rotatable bonds is 7. The van der Waals surface area contributed by atoms with Gasteiger partial charge in [0, 0.05) is 0 Å².